The Morgan fingerprint density at radius 3 is 2.65 bits per heavy atom. The highest BCUT2D eigenvalue weighted by molar-refractivity contribution is 7.71. The summed E-state index contributed by atoms with van der Waals surface area (Å²) < 4.78 is 16.0. The molecule has 0 atom stereocenters. The second-order valence-electron chi connectivity index (χ2n) is 4.80. The highest BCUT2D eigenvalue weighted by Gasteiger charge is 2.08. The summed E-state index contributed by atoms with van der Waals surface area (Å²) in [6.07, 6.45) is 0.972. The van der Waals surface area contributed by atoms with Crippen molar-refractivity contribution in [1.29, 1.82) is 0 Å². The lowest BCUT2D eigenvalue weighted by molar-refractivity contribution is 0.628. The highest BCUT2D eigenvalue weighted by Crippen LogP contribution is 2.19. The number of hydrogen-bond acceptors (Lipinski definition) is 1. The van der Waals surface area contributed by atoms with E-state index in [0.717, 1.165) is 17.5 Å². The molecule has 4 heteroatoms. The van der Waals surface area contributed by atoms with Crippen LogP contribution in [0.2, 0.25) is 0 Å². The summed E-state index contributed by atoms with van der Waals surface area (Å²) in [5, 5.41) is 0. The summed E-state index contributed by atoms with van der Waals surface area (Å²) in [5.41, 5.74) is 4.18. The molecule has 0 radical (unpaired) electrons. The number of aromatic amines is 1. The maximum atomic E-state index is 13.4. The lowest BCUT2D eigenvalue weighted by Gasteiger charge is -2.09. The minimum atomic E-state index is -0.246. The third kappa shape index (κ3) is 2.27. The van der Waals surface area contributed by atoms with Crippen LogP contribution in [-0.4, -0.2) is 9.55 Å². The lowest BCUT2D eigenvalue weighted by Crippen LogP contribution is -2.02. The van der Waals surface area contributed by atoms with Crippen LogP contribution in [0.1, 0.15) is 18.1 Å². The van der Waals surface area contributed by atoms with E-state index in [1.165, 1.54) is 23.3 Å². The number of aromatic nitrogens is 2. The van der Waals surface area contributed by atoms with Crippen LogP contribution in [0.3, 0.4) is 0 Å². The zero-order valence-electron chi connectivity index (χ0n) is 11.2. The number of aryl methyl sites for hydroxylation is 1. The minimum absolute atomic E-state index is 0.246. The van der Waals surface area contributed by atoms with Crippen molar-refractivity contribution in [2.24, 2.45) is 0 Å². The third-order valence-corrected chi connectivity index (χ3v) is 3.89. The third-order valence-electron chi connectivity index (χ3n) is 3.57. The van der Waals surface area contributed by atoms with E-state index in [9.17, 15) is 4.39 Å². The molecule has 20 heavy (non-hydrogen) atoms. The van der Waals surface area contributed by atoms with Crippen molar-refractivity contribution >= 4 is 23.3 Å². The van der Waals surface area contributed by atoms with Crippen molar-refractivity contribution in [1.82, 2.24) is 9.55 Å². The molecular weight excluding hydrogens is 271 g/mol. The number of halogens is 1. The molecule has 0 spiro atoms. The normalized spacial score (nSPS) is 11.1. The van der Waals surface area contributed by atoms with Crippen LogP contribution < -0.4 is 0 Å². The minimum Gasteiger partial charge on any atom is -0.331 e. The molecule has 102 valence electrons. The first kappa shape index (κ1) is 13.1. The Kier molecular flexibility index (Phi) is 3.40. The van der Waals surface area contributed by atoms with Crippen molar-refractivity contribution in [3.05, 3.63) is 64.2 Å². The largest absolute Gasteiger partial charge is 0.331 e. The molecule has 3 aromatic rings. The van der Waals surface area contributed by atoms with E-state index in [1.807, 2.05) is 16.7 Å². The number of imidazole rings is 1. The van der Waals surface area contributed by atoms with Gasteiger partial charge in [0.2, 0.25) is 0 Å². The average Bonchev–Trinajstić information content (AvgIpc) is 2.76. The van der Waals surface area contributed by atoms with Gasteiger partial charge in [0.1, 0.15) is 5.82 Å². The Hall–Kier alpha value is -1.94. The second kappa shape index (κ2) is 5.21. The fourth-order valence-electron chi connectivity index (χ4n) is 2.51. The molecule has 0 amide bonds. The van der Waals surface area contributed by atoms with Crippen LogP contribution in [0.5, 0.6) is 0 Å². The van der Waals surface area contributed by atoms with E-state index in [0.29, 0.717) is 11.3 Å². The van der Waals surface area contributed by atoms with Crippen LogP contribution in [0.25, 0.3) is 11.0 Å². The van der Waals surface area contributed by atoms with Crippen molar-refractivity contribution < 1.29 is 4.39 Å². The average molecular weight is 286 g/mol. The molecule has 0 unspecified atom stereocenters. The lowest BCUT2D eigenvalue weighted by atomic mass is 10.1. The van der Waals surface area contributed by atoms with Gasteiger partial charge in [-0.2, -0.15) is 0 Å². The van der Waals surface area contributed by atoms with E-state index in [-0.39, 0.29) is 5.82 Å². The standard InChI is InChI=1S/C16H15FN2S/c1-2-11-5-3-4-6-12(11)10-19-15-9-13(17)7-8-14(15)18-16(19)20/h3-9H,2,10H2,1H3,(H,18,20). The monoisotopic (exact) mass is 286 g/mol. The molecule has 1 N–H and O–H groups in total. The summed E-state index contributed by atoms with van der Waals surface area (Å²) in [4.78, 5) is 3.12. The molecule has 0 fully saturated rings. The molecular formula is C16H15FN2S. The summed E-state index contributed by atoms with van der Waals surface area (Å²) in [5.74, 6) is -0.246. The predicted octanol–water partition coefficient (Wildman–Crippen LogP) is 4.45. The van der Waals surface area contributed by atoms with Gasteiger partial charge in [0.15, 0.2) is 4.77 Å². The summed E-state index contributed by atoms with van der Waals surface area (Å²) >= 11 is 5.36. The number of H-pyrrole nitrogens is 1. The highest BCUT2D eigenvalue weighted by atomic mass is 32.1. The van der Waals surface area contributed by atoms with E-state index < -0.39 is 0 Å². The van der Waals surface area contributed by atoms with Crippen LogP contribution in [0.15, 0.2) is 42.5 Å². The van der Waals surface area contributed by atoms with Crippen LogP contribution in [-0.2, 0) is 13.0 Å². The number of rotatable bonds is 3. The quantitative estimate of drug-likeness (QED) is 0.705. The van der Waals surface area contributed by atoms with Crippen LogP contribution >= 0.6 is 12.2 Å². The van der Waals surface area contributed by atoms with E-state index in [4.69, 9.17) is 12.2 Å². The fourth-order valence-corrected chi connectivity index (χ4v) is 2.78. The molecule has 2 aromatic carbocycles. The van der Waals surface area contributed by atoms with E-state index in [1.54, 1.807) is 6.07 Å². The summed E-state index contributed by atoms with van der Waals surface area (Å²) in [7, 11) is 0. The molecule has 1 heterocycles. The van der Waals surface area contributed by atoms with Crippen molar-refractivity contribution in [2.45, 2.75) is 19.9 Å². The second-order valence-corrected chi connectivity index (χ2v) is 5.19. The molecule has 1 aromatic heterocycles. The van der Waals surface area contributed by atoms with Crippen molar-refractivity contribution in [2.75, 3.05) is 0 Å². The van der Waals surface area contributed by atoms with Gasteiger partial charge in [0.25, 0.3) is 0 Å². The van der Waals surface area contributed by atoms with E-state index >= 15 is 0 Å². The van der Waals surface area contributed by atoms with Gasteiger partial charge in [0, 0.05) is 0 Å². The zero-order chi connectivity index (χ0) is 14.1. The Bertz CT molecular complexity index is 817. The molecule has 0 saturated heterocycles. The first-order valence-electron chi connectivity index (χ1n) is 6.64. The van der Waals surface area contributed by atoms with Crippen LogP contribution in [0.4, 0.5) is 4.39 Å². The molecule has 0 aliphatic heterocycles. The molecule has 0 aliphatic rings. The first-order valence-corrected chi connectivity index (χ1v) is 7.04. The van der Waals surface area contributed by atoms with Gasteiger partial charge in [-0.1, -0.05) is 31.2 Å². The van der Waals surface area contributed by atoms with Gasteiger partial charge in [0.05, 0.1) is 17.6 Å². The first-order chi connectivity index (χ1) is 9.69. The Balaban J connectivity index is 2.13. The number of nitrogens with zero attached hydrogens (tertiary/aromatic N) is 1. The van der Waals surface area contributed by atoms with Gasteiger partial charge in [-0.15, -0.1) is 0 Å². The Morgan fingerprint density at radius 2 is 1.90 bits per heavy atom. The number of hydrogen-bond donors (Lipinski definition) is 1. The Labute approximate surface area is 121 Å². The van der Waals surface area contributed by atoms with Gasteiger partial charge in [-0.3, -0.25) is 0 Å². The topological polar surface area (TPSA) is 20.7 Å². The fraction of sp³-hybridized carbons (Fsp3) is 0.188. The van der Waals surface area contributed by atoms with Crippen molar-refractivity contribution in [3.8, 4) is 0 Å². The van der Waals surface area contributed by atoms with Crippen molar-refractivity contribution in [3.63, 3.8) is 0 Å². The SMILES string of the molecule is CCc1ccccc1Cn1c(=S)[nH]c2ccc(F)cc21. The molecule has 0 saturated carbocycles. The zero-order valence-corrected chi connectivity index (χ0v) is 12.0. The number of nitrogens with one attached hydrogen (secondary N) is 1. The molecule has 0 bridgehead atoms. The van der Waals surface area contributed by atoms with Gasteiger partial charge >= 0.3 is 0 Å². The van der Waals surface area contributed by atoms with Gasteiger partial charge in [-0.05, 0) is 48.0 Å². The number of benzene rings is 2. The maximum Gasteiger partial charge on any atom is 0.178 e. The molecule has 2 nitrogen and oxygen atoms in total. The van der Waals surface area contributed by atoms with Crippen LogP contribution in [0, 0.1) is 10.6 Å². The Morgan fingerprint density at radius 1 is 1.15 bits per heavy atom. The smallest absolute Gasteiger partial charge is 0.178 e. The molecule has 0 aliphatic carbocycles. The van der Waals surface area contributed by atoms with E-state index in [2.05, 4.69) is 24.0 Å². The summed E-state index contributed by atoms with van der Waals surface area (Å²) in [6, 6.07) is 13.0. The summed E-state index contributed by atoms with van der Waals surface area (Å²) in [6.45, 7) is 2.79. The van der Waals surface area contributed by atoms with Gasteiger partial charge < -0.3 is 9.55 Å². The van der Waals surface area contributed by atoms with Gasteiger partial charge in [-0.25, -0.2) is 4.39 Å². The number of fused-ring (bicyclic) bond motifs is 1. The molecule has 3 rings (SSSR count). The maximum absolute atomic E-state index is 13.4. The predicted molar refractivity (Wildman–Crippen MR) is 82.0 cm³/mol.